The van der Waals surface area contributed by atoms with Gasteiger partial charge in [0.05, 0.1) is 5.69 Å². The average Bonchev–Trinajstić information content (AvgIpc) is 2.94. The van der Waals surface area contributed by atoms with Gasteiger partial charge in [0.25, 0.3) is 0 Å². The first kappa shape index (κ1) is 18.0. The van der Waals surface area contributed by atoms with Gasteiger partial charge in [0, 0.05) is 30.7 Å². The van der Waals surface area contributed by atoms with Gasteiger partial charge in [-0.15, -0.1) is 0 Å². The molecule has 2 saturated heterocycles. The van der Waals surface area contributed by atoms with E-state index in [1.807, 2.05) is 24.4 Å². The van der Waals surface area contributed by atoms with Crippen LogP contribution in [0.3, 0.4) is 0 Å². The van der Waals surface area contributed by atoms with Gasteiger partial charge in [0.2, 0.25) is 0 Å². The summed E-state index contributed by atoms with van der Waals surface area (Å²) in [6.45, 7) is 5.62. The van der Waals surface area contributed by atoms with Crippen molar-refractivity contribution in [1.82, 2.24) is 9.88 Å². The minimum atomic E-state index is -0.552. The number of ether oxygens (including phenoxy) is 1. The minimum Gasteiger partial charge on any atom is -0.461 e. The lowest BCUT2D eigenvalue weighted by Gasteiger charge is -2.42. The summed E-state index contributed by atoms with van der Waals surface area (Å²) in [4.78, 5) is 20.5. The number of nitrogens with zero attached hydrogens (tertiary/aromatic N) is 2. The van der Waals surface area contributed by atoms with Gasteiger partial charge >= 0.3 is 5.97 Å². The quantitative estimate of drug-likeness (QED) is 0.762. The molecule has 26 heavy (non-hydrogen) atoms. The van der Waals surface area contributed by atoms with Crippen molar-refractivity contribution in [3.05, 3.63) is 30.1 Å². The molecule has 0 aromatic carbocycles. The van der Waals surface area contributed by atoms with Gasteiger partial charge in [-0.2, -0.15) is 0 Å². The number of carbonyl (C=O) groups excluding carboxylic acids is 1. The zero-order valence-corrected chi connectivity index (χ0v) is 16.2. The highest BCUT2D eigenvalue weighted by Gasteiger charge is 2.59. The van der Waals surface area contributed by atoms with Crippen LogP contribution < -0.4 is 0 Å². The van der Waals surface area contributed by atoms with Gasteiger partial charge < -0.3 is 4.74 Å². The molecule has 0 spiro atoms. The van der Waals surface area contributed by atoms with E-state index in [4.69, 9.17) is 4.74 Å². The third-order valence-corrected chi connectivity index (χ3v) is 7.22. The number of pyridine rings is 1. The van der Waals surface area contributed by atoms with E-state index in [2.05, 4.69) is 23.7 Å². The Kier molecular flexibility index (Phi) is 5.05. The van der Waals surface area contributed by atoms with Crippen molar-refractivity contribution >= 4 is 5.97 Å². The molecule has 3 fully saturated rings. The highest BCUT2D eigenvalue weighted by atomic mass is 16.6. The molecule has 0 radical (unpaired) electrons. The van der Waals surface area contributed by atoms with Crippen LogP contribution in [0.15, 0.2) is 24.4 Å². The van der Waals surface area contributed by atoms with Crippen molar-refractivity contribution in [3.8, 4) is 0 Å². The van der Waals surface area contributed by atoms with Crippen molar-refractivity contribution in [2.45, 2.75) is 88.8 Å². The maximum atomic E-state index is 13.2. The third-order valence-electron chi connectivity index (χ3n) is 7.22. The molecule has 5 atom stereocenters. The number of fused-ring (bicyclic) bond motifs is 1. The van der Waals surface area contributed by atoms with Crippen LogP contribution in [0.1, 0.15) is 70.9 Å². The topological polar surface area (TPSA) is 42.4 Å². The molecule has 0 N–H and O–H groups in total. The van der Waals surface area contributed by atoms with Gasteiger partial charge in [-0.1, -0.05) is 18.9 Å². The van der Waals surface area contributed by atoms with E-state index in [1.165, 1.54) is 32.1 Å². The van der Waals surface area contributed by atoms with Crippen LogP contribution in [0.5, 0.6) is 0 Å². The Morgan fingerprint density at radius 2 is 1.88 bits per heavy atom. The van der Waals surface area contributed by atoms with E-state index in [0.29, 0.717) is 12.1 Å². The van der Waals surface area contributed by atoms with Crippen molar-refractivity contribution in [1.29, 1.82) is 0 Å². The number of rotatable bonds is 4. The Bertz CT molecular complexity index is 624. The molecule has 2 aliphatic heterocycles. The molecule has 142 valence electrons. The van der Waals surface area contributed by atoms with Gasteiger partial charge in [-0.25, -0.2) is 0 Å². The second-order valence-corrected chi connectivity index (χ2v) is 8.64. The van der Waals surface area contributed by atoms with E-state index < -0.39 is 5.41 Å². The number of piperidine rings is 1. The van der Waals surface area contributed by atoms with Crippen LogP contribution in [0, 0.1) is 5.92 Å². The van der Waals surface area contributed by atoms with Crippen LogP contribution in [0.25, 0.3) is 0 Å². The Balaban J connectivity index is 1.64. The molecule has 1 unspecified atom stereocenters. The summed E-state index contributed by atoms with van der Waals surface area (Å²) in [5.41, 5.74) is 0.375. The first-order valence-corrected chi connectivity index (χ1v) is 10.5. The number of aromatic nitrogens is 1. The van der Waals surface area contributed by atoms with Gasteiger partial charge in [-0.3, -0.25) is 14.7 Å². The van der Waals surface area contributed by atoms with Crippen molar-refractivity contribution < 1.29 is 9.53 Å². The van der Waals surface area contributed by atoms with Gasteiger partial charge in [0.15, 0.2) is 0 Å². The molecule has 0 amide bonds. The molecule has 1 saturated carbocycles. The van der Waals surface area contributed by atoms with Crippen molar-refractivity contribution in [2.24, 2.45) is 5.92 Å². The molecule has 4 rings (SSSR count). The Morgan fingerprint density at radius 3 is 2.62 bits per heavy atom. The summed E-state index contributed by atoms with van der Waals surface area (Å²) < 4.78 is 5.93. The van der Waals surface area contributed by atoms with Gasteiger partial charge in [-0.05, 0) is 64.5 Å². The van der Waals surface area contributed by atoms with Gasteiger partial charge in [0.1, 0.15) is 11.5 Å². The zero-order valence-electron chi connectivity index (χ0n) is 16.2. The molecule has 3 aliphatic rings. The molecule has 1 aromatic rings. The molecule has 3 heterocycles. The summed E-state index contributed by atoms with van der Waals surface area (Å²) in [7, 11) is 0. The second kappa shape index (κ2) is 7.30. The normalized spacial score (nSPS) is 38.0. The van der Waals surface area contributed by atoms with Crippen molar-refractivity contribution in [3.63, 3.8) is 0 Å². The predicted molar refractivity (Wildman–Crippen MR) is 102 cm³/mol. The number of esters is 1. The monoisotopic (exact) mass is 356 g/mol. The largest absolute Gasteiger partial charge is 0.461 e. The average molecular weight is 357 g/mol. The minimum absolute atomic E-state index is 0.0228. The maximum Gasteiger partial charge on any atom is 0.318 e. The summed E-state index contributed by atoms with van der Waals surface area (Å²) >= 11 is 0. The smallest absolute Gasteiger partial charge is 0.318 e. The van der Waals surface area contributed by atoms with E-state index in [9.17, 15) is 4.79 Å². The lowest BCUT2D eigenvalue weighted by atomic mass is 9.65. The summed E-state index contributed by atoms with van der Waals surface area (Å²) in [6, 6.07) is 7.18. The molecule has 1 aliphatic carbocycles. The number of hydrogen-bond donors (Lipinski definition) is 0. The molecule has 1 aromatic heterocycles. The van der Waals surface area contributed by atoms with E-state index in [1.54, 1.807) is 0 Å². The summed E-state index contributed by atoms with van der Waals surface area (Å²) in [5.74, 6) is 0.263. The Hall–Kier alpha value is -1.42. The fourth-order valence-corrected chi connectivity index (χ4v) is 5.75. The SMILES string of the molecule is C[C@@H]1CCC[C@H](C)N1CCC1(c2ccccn2)C(=O)O[C@@H]2CCCC[C@H]21. The maximum absolute atomic E-state index is 13.2. The fraction of sp³-hybridized carbons (Fsp3) is 0.727. The second-order valence-electron chi connectivity index (χ2n) is 8.64. The first-order chi connectivity index (χ1) is 12.6. The van der Waals surface area contributed by atoms with Crippen LogP contribution in [-0.4, -0.2) is 40.6 Å². The number of carbonyl (C=O) groups is 1. The zero-order chi connectivity index (χ0) is 18.1. The summed E-state index contributed by atoms with van der Waals surface area (Å²) in [5, 5.41) is 0. The van der Waals surface area contributed by atoms with Crippen LogP contribution >= 0.6 is 0 Å². The van der Waals surface area contributed by atoms with E-state index in [-0.39, 0.29) is 18.0 Å². The Morgan fingerprint density at radius 1 is 1.12 bits per heavy atom. The van der Waals surface area contributed by atoms with Crippen LogP contribution in [-0.2, 0) is 14.9 Å². The summed E-state index contributed by atoms with van der Waals surface area (Å²) in [6.07, 6.45) is 11.1. The third kappa shape index (κ3) is 2.96. The van der Waals surface area contributed by atoms with Crippen molar-refractivity contribution in [2.75, 3.05) is 6.54 Å². The van der Waals surface area contributed by atoms with Crippen LogP contribution in [0.2, 0.25) is 0 Å². The molecule has 4 heteroatoms. The predicted octanol–water partition coefficient (Wildman–Crippen LogP) is 4.09. The highest BCUT2D eigenvalue weighted by molar-refractivity contribution is 5.85. The highest BCUT2D eigenvalue weighted by Crippen LogP contribution is 2.50. The molecular weight excluding hydrogens is 324 g/mol. The molecule has 0 bridgehead atoms. The Labute approximate surface area is 157 Å². The molecule has 4 nitrogen and oxygen atoms in total. The van der Waals surface area contributed by atoms with E-state index >= 15 is 0 Å². The lowest BCUT2D eigenvalue weighted by molar-refractivity contribution is -0.146. The standard InChI is InChI=1S/C22H32N2O2/c1-16-8-7-9-17(2)24(16)15-13-22(20-12-5-6-14-23-20)18-10-3-4-11-19(18)26-21(22)25/h5-6,12,14,16-19H,3-4,7-11,13,15H2,1-2H3/t16-,17+,18-,19-,22?/m1/s1. The molecular formula is C22H32N2O2. The fourth-order valence-electron chi connectivity index (χ4n) is 5.75. The number of hydrogen-bond acceptors (Lipinski definition) is 4. The van der Waals surface area contributed by atoms with Crippen LogP contribution in [0.4, 0.5) is 0 Å². The lowest BCUT2D eigenvalue weighted by Crippen LogP contribution is -2.49. The number of likely N-dealkylation sites (tertiary alicyclic amines) is 1. The first-order valence-electron chi connectivity index (χ1n) is 10.5. The van der Waals surface area contributed by atoms with E-state index in [0.717, 1.165) is 31.5 Å².